The minimum Gasteiger partial charge on any atom is -0.478 e. The lowest BCUT2D eigenvalue weighted by Crippen LogP contribution is -1.99. The van der Waals surface area contributed by atoms with Crippen LogP contribution >= 0.6 is 27.3 Å². The standard InChI is InChI=1S/C11H10BrNO2S/c1-6-8(11(14)15)4-9(13(6)2)10-3-7(12)5-16-10/h3-5H,1-2H3,(H,14,15). The second kappa shape index (κ2) is 4.07. The van der Waals surface area contributed by atoms with Crippen molar-refractivity contribution in [3.8, 4) is 10.6 Å². The molecule has 0 radical (unpaired) electrons. The third-order valence-corrected chi connectivity index (χ3v) is 4.30. The summed E-state index contributed by atoms with van der Waals surface area (Å²) < 4.78 is 2.92. The van der Waals surface area contributed by atoms with Gasteiger partial charge in [0.1, 0.15) is 0 Å². The van der Waals surface area contributed by atoms with Gasteiger partial charge in [0.05, 0.1) is 16.1 Å². The van der Waals surface area contributed by atoms with Crippen molar-refractivity contribution in [2.24, 2.45) is 7.05 Å². The molecule has 2 aromatic heterocycles. The second-order valence-corrected chi connectivity index (χ2v) is 5.35. The SMILES string of the molecule is Cc1c(C(=O)O)cc(-c2cc(Br)cs2)n1C. The van der Waals surface area contributed by atoms with Gasteiger partial charge in [-0.3, -0.25) is 0 Å². The Balaban J connectivity index is 2.58. The molecule has 0 aliphatic heterocycles. The molecule has 2 aromatic rings. The Labute approximate surface area is 105 Å². The van der Waals surface area contributed by atoms with Crippen molar-refractivity contribution in [2.45, 2.75) is 6.92 Å². The van der Waals surface area contributed by atoms with Crippen LogP contribution in [0.5, 0.6) is 0 Å². The molecule has 16 heavy (non-hydrogen) atoms. The molecule has 0 spiro atoms. The summed E-state index contributed by atoms with van der Waals surface area (Å²) in [6, 6.07) is 3.71. The number of hydrogen-bond acceptors (Lipinski definition) is 2. The minimum atomic E-state index is -0.880. The van der Waals surface area contributed by atoms with Gasteiger partial charge in [0.2, 0.25) is 0 Å². The number of halogens is 1. The van der Waals surface area contributed by atoms with Crippen LogP contribution in [0.1, 0.15) is 16.1 Å². The van der Waals surface area contributed by atoms with Crippen molar-refractivity contribution in [2.75, 3.05) is 0 Å². The first kappa shape index (κ1) is 11.4. The van der Waals surface area contributed by atoms with Crippen LogP contribution in [0.2, 0.25) is 0 Å². The van der Waals surface area contributed by atoms with Crippen LogP contribution in [0, 0.1) is 6.92 Å². The number of nitrogens with zero attached hydrogens (tertiary/aromatic N) is 1. The van der Waals surface area contributed by atoms with E-state index in [1.807, 2.05) is 30.0 Å². The first-order valence-electron chi connectivity index (χ1n) is 4.64. The Bertz CT molecular complexity index is 556. The highest BCUT2D eigenvalue weighted by molar-refractivity contribution is 9.10. The summed E-state index contributed by atoms with van der Waals surface area (Å²) in [7, 11) is 1.88. The Morgan fingerprint density at radius 2 is 2.19 bits per heavy atom. The molecule has 84 valence electrons. The molecule has 1 N–H and O–H groups in total. The van der Waals surface area contributed by atoms with Gasteiger partial charge in [0.15, 0.2) is 0 Å². The van der Waals surface area contributed by atoms with Gasteiger partial charge in [-0.15, -0.1) is 11.3 Å². The maximum Gasteiger partial charge on any atom is 0.337 e. The van der Waals surface area contributed by atoms with Crippen molar-refractivity contribution < 1.29 is 9.90 Å². The van der Waals surface area contributed by atoms with Gasteiger partial charge in [-0.2, -0.15) is 0 Å². The highest BCUT2D eigenvalue weighted by Crippen LogP contribution is 2.32. The average molecular weight is 300 g/mol. The number of carbonyl (C=O) groups is 1. The number of carboxylic acid groups (broad SMARTS) is 1. The number of hydrogen-bond donors (Lipinski definition) is 1. The van der Waals surface area contributed by atoms with E-state index in [2.05, 4.69) is 15.9 Å². The summed E-state index contributed by atoms with van der Waals surface area (Å²) in [6.07, 6.45) is 0. The van der Waals surface area contributed by atoms with Crippen molar-refractivity contribution in [1.29, 1.82) is 0 Å². The zero-order chi connectivity index (χ0) is 11.9. The van der Waals surface area contributed by atoms with E-state index in [9.17, 15) is 4.79 Å². The molecule has 0 saturated carbocycles. The van der Waals surface area contributed by atoms with E-state index in [0.717, 1.165) is 20.7 Å². The fourth-order valence-electron chi connectivity index (χ4n) is 1.60. The monoisotopic (exact) mass is 299 g/mol. The lowest BCUT2D eigenvalue weighted by Gasteiger charge is -2.01. The Morgan fingerprint density at radius 1 is 1.50 bits per heavy atom. The largest absolute Gasteiger partial charge is 0.478 e. The molecule has 3 nitrogen and oxygen atoms in total. The van der Waals surface area contributed by atoms with Crippen LogP contribution in [-0.2, 0) is 7.05 Å². The molecular weight excluding hydrogens is 290 g/mol. The lowest BCUT2D eigenvalue weighted by atomic mass is 10.2. The highest BCUT2D eigenvalue weighted by Gasteiger charge is 2.16. The van der Waals surface area contributed by atoms with Gasteiger partial charge in [-0.05, 0) is 35.0 Å². The molecule has 0 aliphatic rings. The predicted octanol–water partition coefficient (Wildman–Crippen LogP) is 3.52. The molecule has 0 fully saturated rings. The summed E-state index contributed by atoms with van der Waals surface area (Å²) in [6.45, 7) is 1.82. The molecule has 2 heterocycles. The summed E-state index contributed by atoms with van der Waals surface area (Å²) >= 11 is 4.98. The molecular formula is C11H10BrNO2S. The van der Waals surface area contributed by atoms with E-state index in [1.165, 1.54) is 0 Å². The van der Waals surface area contributed by atoms with Crippen LogP contribution in [0.25, 0.3) is 10.6 Å². The summed E-state index contributed by atoms with van der Waals surface area (Å²) in [5.41, 5.74) is 2.07. The first-order chi connectivity index (χ1) is 7.50. The number of thiophene rings is 1. The van der Waals surface area contributed by atoms with Crippen LogP contribution in [0.4, 0.5) is 0 Å². The molecule has 0 bridgehead atoms. The average Bonchev–Trinajstić information content (AvgIpc) is 2.74. The smallest absolute Gasteiger partial charge is 0.337 e. The van der Waals surface area contributed by atoms with E-state index in [4.69, 9.17) is 5.11 Å². The molecule has 0 aromatic carbocycles. The summed E-state index contributed by atoms with van der Waals surface area (Å²) in [4.78, 5) is 12.1. The number of carboxylic acids is 1. The van der Waals surface area contributed by atoms with Gasteiger partial charge in [0, 0.05) is 22.6 Å². The molecule has 0 amide bonds. The van der Waals surface area contributed by atoms with E-state index in [1.54, 1.807) is 17.4 Å². The quantitative estimate of drug-likeness (QED) is 0.922. The summed E-state index contributed by atoms with van der Waals surface area (Å²) in [5.74, 6) is -0.880. The van der Waals surface area contributed by atoms with Gasteiger partial charge >= 0.3 is 5.97 Å². The normalized spacial score (nSPS) is 10.7. The zero-order valence-electron chi connectivity index (χ0n) is 8.82. The van der Waals surface area contributed by atoms with Gasteiger partial charge in [-0.25, -0.2) is 4.79 Å². The van der Waals surface area contributed by atoms with Crippen molar-refractivity contribution >= 4 is 33.2 Å². The third kappa shape index (κ3) is 1.81. The maximum atomic E-state index is 11.0. The molecule has 0 atom stereocenters. The van der Waals surface area contributed by atoms with Gasteiger partial charge in [-0.1, -0.05) is 0 Å². The van der Waals surface area contributed by atoms with Crippen molar-refractivity contribution in [3.05, 3.63) is 33.2 Å². The highest BCUT2D eigenvalue weighted by atomic mass is 79.9. The topological polar surface area (TPSA) is 42.2 Å². The van der Waals surface area contributed by atoms with Gasteiger partial charge in [0.25, 0.3) is 0 Å². The van der Waals surface area contributed by atoms with Crippen LogP contribution in [0.3, 0.4) is 0 Å². The van der Waals surface area contributed by atoms with Crippen LogP contribution in [0.15, 0.2) is 22.0 Å². The molecule has 0 aliphatic carbocycles. The number of aromatic carboxylic acids is 1. The van der Waals surface area contributed by atoms with Crippen LogP contribution < -0.4 is 0 Å². The third-order valence-electron chi connectivity index (χ3n) is 2.59. The predicted molar refractivity (Wildman–Crippen MR) is 68.1 cm³/mol. The van der Waals surface area contributed by atoms with Gasteiger partial charge < -0.3 is 9.67 Å². The van der Waals surface area contributed by atoms with E-state index < -0.39 is 5.97 Å². The van der Waals surface area contributed by atoms with E-state index in [-0.39, 0.29) is 0 Å². The lowest BCUT2D eigenvalue weighted by molar-refractivity contribution is 0.0696. The zero-order valence-corrected chi connectivity index (χ0v) is 11.2. The van der Waals surface area contributed by atoms with Crippen molar-refractivity contribution in [3.63, 3.8) is 0 Å². The van der Waals surface area contributed by atoms with Crippen molar-refractivity contribution in [1.82, 2.24) is 4.57 Å². The molecule has 2 rings (SSSR count). The Morgan fingerprint density at radius 3 is 2.62 bits per heavy atom. The van der Waals surface area contributed by atoms with Crippen LogP contribution in [-0.4, -0.2) is 15.6 Å². The van der Waals surface area contributed by atoms with E-state index >= 15 is 0 Å². The first-order valence-corrected chi connectivity index (χ1v) is 6.32. The maximum absolute atomic E-state index is 11.0. The molecule has 5 heteroatoms. The fourth-order valence-corrected chi connectivity index (χ4v) is 3.08. The minimum absolute atomic E-state index is 0.363. The Hall–Kier alpha value is -1.07. The second-order valence-electron chi connectivity index (χ2n) is 3.52. The summed E-state index contributed by atoms with van der Waals surface area (Å²) in [5, 5.41) is 11.0. The molecule has 0 saturated heterocycles. The fraction of sp³-hybridized carbons (Fsp3) is 0.182. The number of rotatable bonds is 2. The van der Waals surface area contributed by atoms with E-state index in [0.29, 0.717) is 5.56 Å². The Kier molecular flexibility index (Phi) is 2.90. The molecule has 0 unspecified atom stereocenters. The number of aromatic nitrogens is 1.